The summed E-state index contributed by atoms with van der Waals surface area (Å²) < 4.78 is 4.56. The van der Waals surface area contributed by atoms with E-state index in [0.717, 1.165) is 12.8 Å². The van der Waals surface area contributed by atoms with Crippen LogP contribution in [-0.2, 0) is 9.53 Å². The van der Waals surface area contributed by atoms with Gasteiger partial charge in [0.25, 0.3) is 0 Å². The number of ether oxygens (including phenoxy) is 1. The molecule has 3 heteroatoms. The van der Waals surface area contributed by atoms with Crippen molar-refractivity contribution in [3.63, 3.8) is 0 Å². The molecule has 0 rings (SSSR count). The number of rotatable bonds is 5. The van der Waals surface area contributed by atoms with Crippen LogP contribution in [0.2, 0.25) is 0 Å². The Balaban J connectivity index is 4.07. The summed E-state index contributed by atoms with van der Waals surface area (Å²) in [4.78, 5) is 11.1. The smallest absolute Gasteiger partial charge is 0.311 e. The number of hydrogen-bond acceptors (Lipinski definition) is 3. The average molecular weight is 188 g/mol. The van der Waals surface area contributed by atoms with Crippen LogP contribution in [0.4, 0.5) is 0 Å². The van der Waals surface area contributed by atoms with Crippen molar-refractivity contribution in [1.29, 1.82) is 0 Å². The second-order valence-corrected chi connectivity index (χ2v) is 3.57. The molecule has 0 aliphatic rings. The van der Waals surface area contributed by atoms with Crippen molar-refractivity contribution >= 4 is 5.97 Å². The Bertz CT molecular complexity index is 156. The number of aliphatic hydroxyl groups excluding tert-OH is 1. The van der Waals surface area contributed by atoms with E-state index in [4.69, 9.17) is 0 Å². The van der Waals surface area contributed by atoms with Crippen molar-refractivity contribution in [1.82, 2.24) is 0 Å². The van der Waals surface area contributed by atoms with E-state index in [9.17, 15) is 9.90 Å². The van der Waals surface area contributed by atoms with Crippen LogP contribution in [-0.4, -0.2) is 24.3 Å². The molecule has 0 spiro atoms. The zero-order valence-electron chi connectivity index (χ0n) is 8.91. The van der Waals surface area contributed by atoms with Gasteiger partial charge in [0, 0.05) is 0 Å². The molecule has 3 atom stereocenters. The number of carbonyl (C=O) groups is 1. The molecule has 13 heavy (non-hydrogen) atoms. The lowest BCUT2D eigenvalue weighted by Crippen LogP contribution is -2.31. The summed E-state index contributed by atoms with van der Waals surface area (Å²) in [5.41, 5.74) is 0. The Labute approximate surface area is 80.1 Å². The molecular weight excluding hydrogens is 168 g/mol. The van der Waals surface area contributed by atoms with Crippen molar-refractivity contribution in [2.75, 3.05) is 7.11 Å². The fourth-order valence-corrected chi connectivity index (χ4v) is 1.44. The summed E-state index contributed by atoms with van der Waals surface area (Å²) in [6.45, 7) is 5.71. The van der Waals surface area contributed by atoms with Gasteiger partial charge in [-0.25, -0.2) is 0 Å². The van der Waals surface area contributed by atoms with Crippen molar-refractivity contribution in [2.45, 2.75) is 39.7 Å². The summed E-state index contributed by atoms with van der Waals surface area (Å²) in [6.07, 6.45) is 1.36. The maximum absolute atomic E-state index is 11.1. The first-order valence-electron chi connectivity index (χ1n) is 4.80. The summed E-state index contributed by atoms with van der Waals surface area (Å²) in [5.74, 6) is -0.610. The van der Waals surface area contributed by atoms with Gasteiger partial charge in [-0.05, 0) is 19.3 Å². The molecule has 0 aliphatic carbocycles. The second-order valence-electron chi connectivity index (χ2n) is 3.57. The predicted octanol–water partition coefficient (Wildman–Crippen LogP) is 1.59. The van der Waals surface area contributed by atoms with Crippen molar-refractivity contribution < 1.29 is 14.6 Å². The molecule has 0 radical (unpaired) electrons. The minimum absolute atomic E-state index is 0.152. The molecule has 78 valence electrons. The summed E-state index contributed by atoms with van der Waals surface area (Å²) >= 11 is 0. The molecule has 0 heterocycles. The maximum atomic E-state index is 11.1. The number of aliphatic hydroxyl groups is 1. The molecule has 0 aromatic heterocycles. The summed E-state index contributed by atoms with van der Waals surface area (Å²) in [7, 11) is 1.34. The van der Waals surface area contributed by atoms with E-state index in [1.54, 1.807) is 6.92 Å². The molecule has 0 aromatic carbocycles. The van der Waals surface area contributed by atoms with Gasteiger partial charge in [-0.3, -0.25) is 4.79 Å². The fraction of sp³-hybridized carbons (Fsp3) is 0.900. The zero-order valence-corrected chi connectivity index (χ0v) is 8.91. The third kappa shape index (κ3) is 3.77. The van der Waals surface area contributed by atoms with E-state index in [-0.39, 0.29) is 11.9 Å². The molecule has 0 aliphatic heterocycles. The minimum Gasteiger partial charge on any atom is -0.469 e. The van der Waals surface area contributed by atoms with Gasteiger partial charge in [-0.15, -0.1) is 0 Å². The van der Waals surface area contributed by atoms with Crippen molar-refractivity contribution in [3.05, 3.63) is 0 Å². The van der Waals surface area contributed by atoms with E-state index in [2.05, 4.69) is 11.7 Å². The highest BCUT2D eigenvalue weighted by Gasteiger charge is 2.26. The SMILES string of the molecule is CCCC(C)C(O)C(C)C(=O)OC. The van der Waals surface area contributed by atoms with E-state index in [0.29, 0.717) is 0 Å². The van der Waals surface area contributed by atoms with Crippen LogP contribution < -0.4 is 0 Å². The highest BCUT2D eigenvalue weighted by molar-refractivity contribution is 5.72. The first-order chi connectivity index (χ1) is 6.04. The molecule has 3 unspecified atom stereocenters. The van der Waals surface area contributed by atoms with Crippen LogP contribution in [0.3, 0.4) is 0 Å². The van der Waals surface area contributed by atoms with Crippen LogP contribution in [0, 0.1) is 11.8 Å². The van der Waals surface area contributed by atoms with Gasteiger partial charge in [-0.2, -0.15) is 0 Å². The molecule has 0 saturated carbocycles. The average Bonchev–Trinajstić information content (AvgIpc) is 2.14. The van der Waals surface area contributed by atoms with Crippen LogP contribution in [0.25, 0.3) is 0 Å². The molecule has 3 nitrogen and oxygen atoms in total. The van der Waals surface area contributed by atoms with Gasteiger partial charge < -0.3 is 9.84 Å². The number of carbonyl (C=O) groups excluding carboxylic acids is 1. The molecule has 0 saturated heterocycles. The molecule has 1 N–H and O–H groups in total. The van der Waals surface area contributed by atoms with Crippen LogP contribution in [0.15, 0.2) is 0 Å². The second kappa shape index (κ2) is 5.97. The van der Waals surface area contributed by atoms with Gasteiger partial charge in [0.2, 0.25) is 0 Å². The number of methoxy groups -OCH3 is 1. The molecule has 0 aromatic rings. The Morgan fingerprint density at radius 1 is 1.46 bits per heavy atom. The van der Waals surface area contributed by atoms with Crippen LogP contribution in [0.5, 0.6) is 0 Å². The lowest BCUT2D eigenvalue weighted by molar-refractivity contribution is -0.149. The quantitative estimate of drug-likeness (QED) is 0.666. The normalized spacial score (nSPS) is 17.6. The largest absolute Gasteiger partial charge is 0.469 e. The van der Waals surface area contributed by atoms with E-state index in [1.165, 1.54) is 7.11 Å². The Morgan fingerprint density at radius 2 is 2.00 bits per heavy atom. The molecule has 0 bridgehead atoms. The third-order valence-electron chi connectivity index (χ3n) is 2.41. The van der Waals surface area contributed by atoms with Gasteiger partial charge in [-0.1, -0.05) is 20.3 Å². The number of esters is 1. The van der Waals surface area contributed by atoms with Gasteiger partial charge in [0.15, 0.2) is 0 Å². The first-order valence-corrected chi connectivity index (χ1v) is 4.80. The first kappa shape index (κ1) is 12.4. The Hall–Kier alpha value is -0.570. The lowest BCUT2D eigenvalue weighted by atomic mass is 9.90. The lowest BCUT2D eigenvalue weighted by Gasteiger charge is -2.22. The highest BCUT2D eigenvalue weighted by Crippen LogP contribution is 2.18. The third-order valence-corrected chi connectivity index (χ3v) is 2.41. The topological polar surface area (TPSA) is 46.5 Å². The standard InChI is InChI=1S/C10H20O3/c1-5-6-7(2)9(11)8(3)10(12)13-4/h7-9,11H,5-6H2,1-4H3. The van der Waals surface area contributed by atoms with E-state index in [1.807, 2.05) is 6.92 Å². The summed E-state index contributed by atoms with van der Waals surface area (Å²) in [6, 6.07) is 0. The van der Waals surface area contributed by atoms with Crippen molar-refractivity contribution in [2.24, 2.45) is 11.8 Å². The predicted molar refractivity (Wildman–Crippen MR) is 51.3 cm³/mol. The monoisotopic (exact) mass is 188 g/mol. The van der Waals surface area contributed by atoms with Crippen molar-refractivity contribution in [3.8, 4) is 0 Å². The molecular formula is C10H20O3. The van der Waals surface area contributed by atoms with E-state index >= 15 is 0 Å². The minimum atomic E-state index is -0.590. The zero-order chi connectivity index (χ0) is 10.4. The van der Waals surface area contributed by atoms with Crippen LogP contribution >= 0.6 is 0 Å². The number of hydrogen-bond donors (Lipinski definition) is 1. The highest BCUT2D eigenvalue weighted by atomic mass is 16.5. The molecule has 0 amide bonds. The van der Waals surface area contributed by atoms with Gasteiger partial charge in [0.1, 0.15) is 0 Å². The van der Waals surface area contributed by atoms with Gasteiger partial charge >= 0.3 is 5.97 Å². The van der Waals surface area contributed by atoms with E-state index < -0.39 is 12.0 Å². The van der Waals surface area contributed by atoms with Gasteiger partial charge in [0.05, 0.1) is 19.1 Å². The summed E-state index contributed by atoms with van der Waals surface area (Å²) in [5, 5.41) is 9.72. The Morgan fingerprint density at radius 3 is 2.38 bits per heavy atom. The molecule has 0 fully saturated rings. The van der Waals surface area contributed by atoms with Crippen LogP contribution in [0.1, 0.15) is 33.6 Å². The fourth-order valence-electron chi connectivity index (χ4n) is 1.44. The maximum Gasteiger partial charge on any atom is 0.311 e. The Kier molecular flexibility index (Phi) is 5.71.